The van der Waals surface area contributed by atoms with Gasteiger partial charge in [-0.25, -0.2) is 4.98 Å². The van der Waals surface area contributed by atoms with Gasteiger partial charge in [0.15, 0.2) is 0 Å². The number of rotatable bonds is 4. The first-order valence-electron chi connectivity index (χ1n) is 5.47. The van der Waals surface area contributed by atoms with Gasteiger partial charge in [0.25, 0.3) is 0 Å². The van der Waals surface area contributed by atoms with Gasteiger partial charge in [-0.3, -0.25) is 0 Å². The van der Waals surface area contributed by atoms with Gasteiger partial charge in [-0.05, 0) is 12.8 Å². The van der Waals surface area contributed by atoms with Crippen molar-refractivity contribution in [2.24, 2.45) is 7.05 Å². The average molecular weight is 254 g/mol. The Morgan fingerprint density at radius 3 is 3.00 bits per heavy atom. The highest BCUT2D eigenvalue weighted by molar-refractivity contribution is 6.29. The summed E-state index contributed by atoms with van der Waals surface area (Å²) in [5.41, 5.74) is 0. The van der Waals surface area contributed by atoms with E-state index in [0.717, 1.165) is 24.6 Å². The zero-order valence-electron chi connectivity index (χ0n) is 9.35. The van der Waals surface area contributed by atoms with Crippen molar-refractivity contribution in [3.63, 3.8) is 0 Å². The molecule has 7 heteroatoms. The Balaban J connectivity index is 1.64. The van der Waals surface area contributed by atoms with Crippen molar-refractivity contribution in [2.75, 3.05) is 5.32 Å². The van der Waals surface area contributed by atoms with Crippen LogP contribution in [0.1, 0.15) is 30.5 Å². The highest BCUT2D eigenvalue weighted by Gasteiger charge is 2.29. The van der Waals surface area contributed by atoms with Gasteiger partial charge in [0, 0.05) is 13.0 Å². The second-order valence-corrected chi connectivity index (χ2v) is 4.52. The zero-order chi connectivity index (χ0) is 11.8. The van der Waals surface area contributed by atoms with Crippen LogP contribution in [0.25, 0.3) is 0 Å². The summed E-state index contributed by atoms with van der Waals surface area (Å²) in [6, 6.07) is 0.436. The molecule has 6 nitrogen and oxygen atoms in total. The summed E-state index contributed by atoms with van der Waals surface area (Å²) in [5, 5.41) is 11.6. The lowest BCUT2D eigenvalue weighted by Crippen LogP contribution is -2.06. The van der Waals surface area contributed by atoms with E-state index in [1.807, 2.05) is 7.05 Å². The van der Waals surface area contributed by atoms with Crippen LogP contribution in [0.5, 0.6) is 0 Å². The third-order valence-electron chi connectivity index (χ3n) is 2.79. The van der Waals surface area contributed by atoms with E-state index in [4.69, 9.17) is 16.0 Å². The molecule has 2 heterocycles. The van der Waals surface area contributed by atoms with Gasteiger partial charge in [0.05, 0.1) is 12.7 Å². The number of anilines is 1. The van der Waals surface area contributed by atoms with Crippen molar-refractivity contribution >= 4 is 17.6 Å². The van der Waals surface area contributed by atoms with E-state index in [9.17, 15) is 0 Å². The summed E-state index contributed by atoms with van der Waals surface area (Å²) < 4.78 is 7.27. The maximum Gasteiger partial charge on any atom is 0.315 e. The van der Waals surface area contributed by atoms with Gasteiger partial charge >= 0.3 is 6.01 Å². The van der Waals surface area contributed by atoms with Crippen molar-refractivity contribution in [2.45, 2.75) is 25.3 Å². The van der Waals surface area contributed by atoms with E-state index in [2.05, 4.69) is 20.5 Å². The monoisotopic (exact) mass is 253 g/mol. The van der Waals surface area contributed by atoms with E-state index in [1.165, 1.54) is 0 Å². The quantitative estimate of drug-likeness (QED) is 0.902. The summed E-state index contributed by atoms with van der Waals surface area (Å²) in [5.74, 6) is 2.02. The SMILES string of the molecule is Cn1c(Cl)cnc1CNc1nnc(C2CC2)o1. The molecule has 1 saturated carbocycles. The standard InChI is InChI=1S/C10H12ClN5O/c1-16-7(11)4-12-8(16)5-13-10-15-14-9(17-10)6-2-3-6/h4,6H,2-3,5H2,1H3,(H,13,15). The maximum atomic E-state index is 5.89. The fourth-order valence-electron chi connectivity index (χ4n) is 1.54. The number of hydrogen-bond donors (Lipinski definition) is 1. The molecule has 0 bridgehead atoms. The minimum atomic E-state index is 0.436. The van der Waals surface area contributed by atoms with Gasteiger partial charge in [-0.15, -0.1) is 5.10 Å². The molecule has 0 aromatic carbocycles. The lowest BCUT2D eigenvalue weighted by Gasteiger charge is -2.02. The van der Waals surface area contributed by atoms with E-state index in [0.29, 0.717) is 23.6 Å². The summed E-state index contributed by atoms with van der Waals surface area (Å²) in [7, 11) is 1.86. The lowest BCUT2D eigenvalue weighted by atomic mass is 10.4. The molecule has 2 aromatic heterocycles. The Morgan fingerprint density at radius 1 is 1.53 bits per heavy atom. The van der Waals surface area contributed by atoms with E-state index < -0.39 is 0 Å². The summed E-state index contributed by atoms with van der Waals surface area (Å²) in [4.78, 5) is 4.16. The van der Waals surface area contributed by atoms with Gasteiger partial charge in [-0.2, -0.15) is 0 Å². The van der Waals surface area contributed by atoms with Crippen LogP contribution in [-0.4, -0.2) is 19.7 Å². The minimum absolute atomic E-state index is 0.436. The predicted molar refractivity (Wildman–Crippen MR) is 61.8 cm³/mol. The summed E-state index contributed by atoms with van der Waals surface area (Å²) >= 11 is 5.89. The van der Waals surface area contributed by atoms with Crippen molar-refractivity contribution < 1.29 is 4.42 Å². The largest absolute Gasteiger partial charge is 0.408 e. The first kappa shape index (κ1) is 10.6. The third kappa shape index (κ3) is 2.12. The van der Waals surface area contributed by atoms with Gasteiger partial charge < -0.3 is 14.3 Å². The molecular formula is C10H12ClN5O. The van der Waals surface area contributed by atoms with Crippen LogP contribution in [0.3, 0.4) is 0 Å². The topological polar surface area (TPSA) is 68.8 Å². The van der Waals surface area contributed by atoms with E-state index in [-0.39, 0.29) is 0 Å². The molecule has 0 radical (unpaired) electrons. The number of imidazole rings is 1. The van der Waals surface area contributed by atoms with Gasteiger partial charge in [-0.1, -0.05) is 16.7 Å². The second kappa shape index (κ2) is 4.03. The van der Waals surface area contributed by atoms with Crippen LogP contribution in [0.4, 0.5) is 6.01 Å². The van der Waals surface area contributed by atoms with Crippen molar-refractivity contribution in [3.8, 4) is 0 Å². The summed E-state index contributed by atoms with van der Waals surface area (Å²) in [6.07, 6.45) is 3.91. The second-order valence-electron chi connectivity index (χ2n) is 4.13. The Kier molecular flexibility index (Phi) is 2.51. The molecule has 17 heavy (non-hydrogen) atoms. The van der Waals surface area contributed by atoms with Crippen LogP contribution < -0.4 is 5.32 Å². The smallest absolute Gasteiger partial charge is 0.315 e. The fourth-order valence-corrected chi connectivity index (χ4v) is 1.69. The van der Waals surface area contributed by atoms with Crippen LogP contribution in [0.2, 0.25) is 5.15 Å². The van der Waals surface area contributed by atoms with E-state index >= 15 is 0 Å². The first-order valence-corrected chi connectivity index (χ1v) is 5.85. The van der Waals surface area contributed by atoms with Crippen LogP contribution in [0, 0.1) is 0 Å². The molecule has 1 aliphatic rings. The Bertz CT molecular complexity index is 531. The van der Waals surface area contributed by atoms with Crippen molar-refractivity contribution in [3.05, 3.63) is 23.1 Å². The van der Waals surface area contributed by atoms with E-state index in [1.54, 1.807) is 10.8 Å². The van der Waals surface area contributed by atoms with Crippen molar-refractivity contribution in [1.82, 2.24) is 19.7 Å². The molecule has 1 aliphatic carbocycles. The molecule has 3 rings (SSSR count). The molecule has 0 unspecified atom stereocenters. The predicted octanol–water partition coefficient (Wildman–Crippen LogP) is 1.95. The Labute approximate surface area is 103 Å². The lowest BCUT2D eigenvalue weighted by molar-refractivity contribution is 0.506. The zero-order valence-corrected chi connectivity index (χ0v) is 10.1. The van der Waals surface area contributed by atoms with Crippen molar-refractivity contribution in [1.29, 1.82) is 0 Å². The molecule has 1 N–H and O–H groups in total. The molecule has 0 aliphatic heterocycles. The average Bonchev–Trinajstić information content (AvgIpc) is 3.00. The third-order valence-corrected chi connectivity index (χ3v) is 3.14. The molecule has 0 saturated heterocycles. The minimum Gasteiger partial charge on any atom is -0.408 e. The van der Waals surface area contributed by atoms with Crippen LogP contribution in [-0.2, 0) is 13.6 Å². The number of hydrogen-bond acceptors (Lipinski definition) is 5. The van der Waals surface area contributed by atoms with Gasteiger partial charge in [0.2, 0.25) is 5.89 Å². The molecular weight excluding hydrogens is 242 g/mol. The first-order chi connectivity index (χ1) is 8.24. The fraction of sp³-hybridized carbons (Fsp3) is 0.500. The van der Waals surface area contributed by atoms with Gasteiger partial charge in [0.1, 0.15) is 11.0 Å². The number of nitrogens with one attached hydrogen (secondary N) is 1. The highest BCUT2D eigenvalue weighted by atomic mass is 35.5. The Hall–Kier alpha value is -1.56. The maximum absolute atomic E-state index is 5.89. The highest BCUT2D eigenvalue weighted by Crippen LogP contribution is 2.39. The normalized spacial score (nSPS) is 15.2. The number of aromatic nitrogens is 4. The molecule has 1 fully saturated rings. The number of nitrogens with zero attached hydrogens (tertiary/aromatic N) is 4. The Morgan fingerprint density at radius 2 is 2.35 bits per heavy atom. The van der Waals surface area contributed by atoms with Crippen LogP contribution >= 0.6 is 11.6 Å². The number of halogens is 1. The molecule has 90 valence electrons. The molecule has 0 atom stereocenters. The summed E-state index contributed by atoms with van der Waals surface area (Å²) in [6.45, 7) is 0.509. The molecule has 0 spiro atoms. The molecule has 2 aromatic rings. The molecule has 0 amide bonds. The van der Waals surface area contributed by atoms with Crippen LogP contribution in [0.15, 0.2) is 10.6 Å².